The number of carbonyl (C=O) groups is 1. The molecule has 144 valence electrons. The lowest BCUT2D eigenvalue weighted by Crippen LogP contribution is -2.48. The maximum Gasteiger partial charge on any atom is 0.223 e. The van der Waals surface area contributed by atoms with Crippen LogP contribution in [0.3, 0.4) is 0 Å². The van der Waals surface area contributed by atoms with Crippen LogP contribution in [-0.2, 0) is 4.79 Å². The van der Waals surface area contributed by atoms with E-state index in [1.54, 1.807) is 0 Å². The molecule has 2 aliphatic rings. The lowest BCUT2D eigenvalue weighted by Gasteiger charge is -2.37. The summed E-state index contributed by atoms with van der Waals surface area (Å²) in [7, 11) is 0. The molecule has 5 heteroatoms. The monoisotopic (exact) mass is 367 g/mol. The number of nitrogens with one attached hydrogen (secondary N) is 1. The smallest absolute Gasteiger partial charge is 0.223 e. The van der Waals surface area contributed by atoms with Gasteiger partial charge in [0.05, 0.1) is 6.10 Å². The molecule has 2 heterocycles. The molecule has 2 atom stereocenters. The van der Waals surface area contributed by atoms with E-state index in [1.807, 2.05) is 17.0 Å². The lowest BCUT2D eigenvalue weighted by molar-refractivity contribution is -0.135. The van der Waals surface area contributed by atoms with Crippen molar-refractivity contribution in [2.24, 2.45) is 0 Å². The summed E-state index contributed by atoms with van der Waals surface area (Å²) in [6.45, 7) is 6.03. The Kier molecular flexibility index (Phi) is 5.72. The molecular formula is C22H29N3O2. The van der Waals surface area contributed by atoms with Crippen LogP contribution in [0, 0.1) is 0 Å². The first-order chi connectivity index (χ1) is 13.2. The topological polar surface area (TPSA) is 55.8 Å². The third-order valence-corrected chi connectivity index (χ3v) is 5.99. The number of carbonyl (C=O) groups excluding carboxylic acids is 1. The predicted octanol–water partition coefficient (Wildman–Crippen LogP) is 1.81. The fraction of sp³-hybridized carbons (Fsp3) is 0.500. The van der Waals surface area contributed by atoms with E-state index in [-0.39, 0.29) is 11.8 Å². The first-order valence-electron chi connectivity index (χ1n) is 10.1. The largest absolute Gasteiger partial charge is 0.391 e. The van der Waals surface area contributed by atoms with E-state index >= 15 is 0 Å². The second kappa shape index (κ2) is 8.38. The Morgan fingerprint density at radius 3 is 2.63 bits per heavy atom. The molecule has 2 N–H and O–H groups in total. The van der Waals surface area contributed by atoms with E-state index in [9.17, 15) is 9.90 Å². The van der Waals surface area contributed by atoms with Crippen LogP contribution in [0.2, 0.25) is 0 Å². The third kappa shape index (κ3) is 4.32. The number of rotatable bonds is 4. The highest BCUT2D eigenvalue weighted by molar-refractivity contribution is 5.83. The van der Waals surface area contributed by atoms with Gasteiger partial charge in [0.1, 0.15) is 0 Å². The van der Waals surface area contributed by atoms with Crippen molar-refractivity contribution in [3.63, 3.8) is 0 Å². The summed E-state index contributed by atoms with van der Waals surface area (Å²) in [6.07, 6.45) is 0.870. The zero-order chi connectivity index (χ0) is 18.6. The Hall–Kier alpha value is -1.95. The van der Waals surface area contributed by atoms with Crippen LogP contribution in [0.5, 0.6) is 0 Å². The number of hydrogen-bond donors (Lipinski definition) is 2. The van der Waals surface area contributed by atoms with Crippen LogP contribution >= 0.6 is 0 Å². The Labute approximate surface area is 161 Å². The highest BCUT2D eigenvalue weighted by Gasteiger charge is 2.31. The number of β-amino-alcohol motifs (C(OH)–C–C–N with tert-alkyl or cyclic N) is 1. The number of hydrogen-bond acceptors (Lipinski definition) is 4. The molecule has 0 unspecified atom stereocenters. The molecule has 4 rings (SSSR count). The van der Waals surface area contributed by atoms with Crippen molar-refractivity contribution in [1.29, 1.82) is 0 Å². The Balaban J connectivity index is 1.34. The second-order valence-corrected chi connectivity index (χ2v) is 7.75. The average Bonchev–Trinajstić information content (AvgIpc) is 2.72. The number of aliphatic hydroxyl groups is 1. The molecule has 2 aliphatic heterocycles. The SMILES string of the molecule is O=C(CCN1CCNCC1)N1CC[C@@H](c2ccc3ccccc3c2)[C@H](O)C1. The molecule has 5 nitrogen and oxygen atoms in total. The highest BCUT2D eigenvalue weighted by atomic mass is 16.3. The van der Waals surface area contributed by atoms with Crippen molar-refractivity contribution in [2.75, 3.05) is 45.8 Å². The first kappa shape index (κ1) is 18.4. The maximum absolute atomic E-state index is 12.6. The summed E-state index contributed by atoms with van der Waals surface area (Å²) in [5, 5.41) is 16.5. The van der Waals surface area contributed by atoms with Gasteiger partial charge in [-0.2, -0.15) is 0 Å². The molecule has 2 aromatic rings. The Morgan fingerprint density at radius 2 is 1.85 bits per heavy atom. The minimum Gasteiger partial charge on any atom is -0.391 e. The number of piperazine rings is 1. The fourth-order valence-corrected chi connectivity index (χ4v) is 4.33. The normalized spacial score (nSPS) is 24.3. The highest BCUT2D eigenvalue weighted by Crippen LogP contribution is 2.30. The van der Waals surface area contributed by atoms with Crippen LogP contribution in [0.15, 0.2) is 42.5 Å². The molecule has 2 saturated heterocycles. The summed E-state index contributed by atoms with van der Waals surface area (Å²) in [4.78, 5) is 16.8. The number of aliphatic hydroxyl groups excluding tert-OH is 1. The van der Waals surface area contributed by atoms with Gasteiger partial charge in [0, 0.05) is 58.2 Å². The third-order valence-electron chi connectivity index (χ3n) is 5.99. The standard InChI is InChI=1S/C22H29N3O2/c26-21-16-25(22(27)8-11-24-13-9-23-10-14-24)12-7-20(21)19-6-5-17-3-1-2-4-18(17)15-19/h1-6,15,20-21,23,26H,7-14,16H2/t20-,21+/m0/s1. The van der Waals surface area contributed by atoms with Crippen LogP contribution in [0.1, 0.15) is 24.3 Å². The first-order valence-corrected chi connectivity index (χ1v) is 10.1. The molecule has 0 aromatic heterocycles. The van der Waals surface area contributed by atoms with Crippen molar-refractivity contribution >= 4 is 16.7 Å². The number of benzene rings is 2. The Bertz CT molecular complexity index is 788. The lowest BCUT2D eigenvalue weighted by atomic mass is 9.86. The summed E-state index contributed by atoms with van der Waals surface area (Å²) in [5.74, 6) is 0.274. The number of piperidine rings is 1. The zero-order valence-electron chi connectivity index (χ0n) is 15.8. The summed E-state index contributed by atoms with van der Waals surface area (Å²) in [6, 6.07) is 14.7. The average molecular weight is 367 g/mol. The van der Waals surface area contributed by atoms with E-state index in [0.29, 0.717) is 13.0 Å². The number of amides is 1. The number of likely N-dealkylation sites (tertiary alicyclic amines) is 1. The van der Waals surface area contributed by atoms with E-state index in [1.165, 1.54) is 16.3 Å². The summed E-state index contributed by atoms with van der Waals surface area (Å²) in [5.41, 5.74) is 1.18. The van der Waals surface area contributed by atoms with E-state index in [0.717, 1.165) is 45.7 Å². The summed E-state index contributed by atoms with van der Waals surface area (Å²) >= 11 is 0. The van der Waals surface area contributed by atoms with E-state index < -0.39 is 6.10 Å². The van der Waals surface area contributed by atoms with Crippen LogP contribution in [0.4, 0.5) is 0 Å². The van der Waals surface area contributed by atoms with Crippen molar-refractivity contribution < 1.29 is 9.90 Å². The van der Waals surface area contributed by atoms with Crippen molar-refractivity contribution in [3.8, 4) is 0 Å². The molecule has 0 bridgehead atoms. The van der Waals surface area contributed by atoms with Gasteiger partial charge in [0.15, 0.2) is 0 Å². The fourth-order valence-electron chi connectivity index (χ4n) is 4.33. The minimum atomic E-state index is -0.497. The van der Waals surface area contributed by atoms with Gasteiger partial charge < -0.3 is 20.2 Å². The van der Waals surface area contributed by atoms with Gasteiger partial charge in [-0.25, -0.2) is 0 Å². The van der Waals surface area contributed by atoms with Gasteiger partial charge in [-0.1, -0.05) is 42.5 Å². The van der Waals surface area contributed by atoms with Crippen LogP contribution in [0.25, 0.3) is 10.8 Å². The Morgan fingerprint density at radius 1 is 1.07 bits per heavy atom. The van der Waals surface area contributed by atoms with E-state index in [2.05, 4.69) is 40.5 Å². The molecule has 2 fully saturated rings. The van der Waals surface area contributed by atoms with Gasteiger partial charge in [0.2, 0.25) is 5.91 Å². The molecule has 1 amide bonds. The molecule has 27 heavy (non-hydrogen) atoms. The summed E-state index contributed by atoms with van der Waals surface area (Å²) < 4.78 is 0. The second-order valence-electron chi connectivity index (χ2n) is 7.75. The van der Waals surface area contributed by atoms with Gasteiger partial charge in [-0.05, 0) is 22.8 Å². The molecule has 0 aliphatic carbocycles. The van der Waals surface area contributed by atoms with Crippen LogP contribution in [-0.4, -0.2) is 72.7 Å². The van der Waals surface area contributed by atoms with Gasteiger partial charge >= 0.3 is 0 Å². The molecule has 0 spiro atoms. The minimum absolute atomic E-state index is 0.104. The zero-order valence-corrected chi connectivity index (χ0v) is 15.8. The molecule has 0 saturated carbocycles. The van der Waals surface area contributed by atoms with Crippen molar-refractivity contribution in [2.45, 2.75) is 24.9 Å². The van der Waals surface area contributed by atoms with Gasteiger partial charge in [-0.3, -0.25) is 4.79 Å². The van der Waals surface area contributed by atoms with Crippen LogP contribution < -0.4 is 5.32 Å². The van der Waals surface area contributed by atoms with Crippen molar-refractivity contribution in [1.82, 2.24) is 15.1 Å². The molecular weight excluding hydrogens is 338 g/mol. The quantitative estimate of drug-likeness (QED) is 0.865. The predicted molar refractivity (Wildman–Crippen MR) is 108 cm³/mol. The number of fused-ring (bicyclic) bond motifs is 1. The van der Waals surface area contributed by atoms with Crippen molar-refractivity contribution in [3.05, 3.63) is 48.0 Å². The number of nitrogens with zero attached hydrogens (tertiary/aromatic N) is 2. The maximum atomic E-state index is 12.6. The molecule has 2 aromatic carbocycles. The van der Waals surface area contributed by atoms with Gasteiger partial charge in [0.25, 0.3) is 0 Å². The molecule has 0 radical (unpaired) electrons. The van der Waals surface area contributed by atoms with Gasteiger partial charge in [-0.15, -0.1) is 0 Å². The van der Waals surface area contributed by atoms with E-state index in [4.69, 9.17) is 0 Å².